The van der Waals surface area contributed by atoms with Crippen molar-refractivity contribution in [2.45, 2.75) is 24.7 Å². The van der Waals surface area contributed by atoms with E-state index in [1.807, 2.05) is 0 Å². The molecule has 1 spiro atoms. The normalized spacial score (nSPS) is 14.8. The highest BCUT2D eigenvalue weighted by Gasteiger charge is 2.52. The van der Waals surface area contributed by atoms with Crippen LogP contribution < -0.4 is 4.74 Å². The summed E-state index contributed by atoms with van der Waals surface area (Å²) in [4.78, 5) is 11.1. The first-order valence-electron chi connectivity index (χ1n) is 20.0. The van der Waals surface area contributed by atoms with Crippen LogP contribution in [0.2, 0.25) is 0 Å². The van der Waals surface area contributed by atoms with Gasteiger partial charge in [-0.1, -0.05) is 159 Å². The quantitative estimate of drug-likeness (QED) is 0.176. The topological polar surface area (TPSA) is 35.0 Å². The average Bonchev–Trinajstić information content (AvgIpc) is 3.88. The second-order valence-corrected chi connectivity index (χ2v) is 17.4. The number of aromatic nitrogens is 2. The van der Waals surface area contributed by atoms with Crippen LogP contribution in [-0.2, 0) is 10.8 Å². The van der Waals surface area contributed by atoms with Gasteiger partial charge in [-0.3, -0.25) is 0 Å². The van der Waals surface area contributed by atoms with E-state index in [2.05, 4.69) is 184 Å². The van der Waals surface area contributed by atoms with Crippen LogP contribution in [0.25, 0.3) is 76.0 Å². The molecule has 3 heterocycles. The molecule has 0 saturated carbocycles. The Bertz CT molecular complexity index is 3380. The fourth-order valence-corrected chi connectivity index (χ4v) is 11.8. The molecule has 0 saturated heterocycles. The number of rotatable bonds is 2. The Morgan fingerprint density at radius 1 is 0.483 bits per heavy atom. The van der Waals surface area contributed by atoms with Gasteiger partial charge in [0.05, 0.1) is 21.3 Å². The van der Waals surface area contributed by atoms with E-state index in [1.54, 1.807) is 11.3 Å². The first-order valence-corrected chi connectivity index (χ1v) is 20.8. The molecule has 8 aromatic carbocycles. The van der Waals surface area contributed by atoms with E-state index < -0.39 is 5.41 Å². The van der Waals surface area contributed by atoms with E-state index in [1.165, 1.54) is 60.0 Å². The van der Waals surface area contributed by atoms with Gasteiger partial charge in [-0.15, -0.1) is 11.3 Å². The summed E-state index contributed by atoms with van der Waals surface area (Å²) in [6, 6.07) is 61.9. The molecular formula is C54H34N2OS. The smallest absolute Gasteiger partial charge is 0.160 e. The van der Waals surface area contributed by atoms with Gasteiger partial charge in [-0.2, -0.15) is 0 Å². The van der Waals surface area contributed by atoms with Crippen molar-refractivity contribution < 1.29 is 4.74 Å². The van der Waals surface area contributed by atoms with Crippen molar-refractivity contribution in [1.29, 1.82) is 0 Å². The molecule has 3 aliphatic rings. The molecule has 58 heavy (non-hydrogen) atoms. The number of hydrogen-bond donors (Lipinski definition) is 0. The van der Waals surface area contributed by atoms with Gasteiger partial charge in [-0.05, 0) is 79.5 Å². The molecule has 0 bridgehead atoms. The summed E-state index contributed by atoms with van der Waals surface area (Å²) in [5.41, 5.74) is 15.9. The van der Waals surface area contributed by atoms with E-state index >= 15 is 0 Å². The van der Waals surface area contributed by atoms with E-state index in [-0.39, 0.29) is 5.41 Å². The molecule has 2 aliphatic carbocycles. The summed E-state index contributed by atoms with van der Waals surface area (Å²) in [7, 11) is 0. The number of para-hydroxylation sites is 2. The zero-order chi connectivity index (χ0) is 38.3. The molecule has 0 atom stereocenters. The van der Waals surface area contributed by atoms with Gasteiger partial charge in [0.1, 0.15) is 11.5 Å². The highest BCUT2D eigenvalue weighted by Crippen LogP contribution is 2.64. The van der Waals surface area contributed by atoms with Crippen LogP contribution in [0, 0.1) is 0 Å². The Hall–Kier alpha value is -6.88. The predicted molar refractivity (Wildman–Crippen MR) is 238 cm³/mol. The molecule has 0 radical (unpaired) electrons. The number of benzene rings is 8. The number of ether oxygens (including phenoxy) is 1. The highest BCUT2D eigenvalue weighted by molar-refractivity contribution is 7.26. The Morgan fingerprint density at radius 2 is 1.10 bits per heavy atom. The van der Waals surface area contributed by atoms with Gasteiger partial charge in [0, 0.05) is 37.8 Å². The third kappa shape index (κ3) is 4.02. The maximum atomic E-state index is 6.70. The number of hydrogen-bond acceptors (Lipinski definition) is 4. The molecule has 0 N–H and O–H groups in total. The van der Waals surface area contributed by atoms with Gasteiger partial charge >= 0.3 is 0 Å². The van der Waals surface area contributed by atoms with Crippen LogP contribution in [-0.4, -0.2) is 9.97 Å². The third-order valence-electron chi connectivity index (χ3n) is 13.2. The monoisotopic (exact) mass is 758 g/mol. The minimum Gasteiger partial charge on any atom is -0.457 e. The van der Waals surface area contributed by atoms with Crippen molar-refractivity contribution in [3.63, 3.8) is 0 Å². The van der Waals surface area contributed by atoms with Crippen molar-refractivity contribution in [3.05, 3.63) is 203 Å². The van der Waals surface area contributed by atoms with Crippen LogP contribution in [0.4, 0.5) is 0 Å². The number of thiophene rings is 1. The van der Waals surface area contributed by atoms with E-state index in [9.17, 15) is 0 Å². The Labute approximate surface area is 339 Å². The Morgan fingerprint density at radius 3 is 1.93 bits per heavy atom. The van der Waals surface area contributed by atoms with Crippen molar-refractivity contribution >= 4 is 42.4 Å². The van der Waals surface area contributed by atoms with Gasteiger partial charge in [0.15, 0.2) is 5.82 Å². The lowest BCUT2D eigenvalue weighted by Crippen LogP contribution is -2.32. The molecule has 13 rings (SSSR count). The summed E-state index contributed by atoms with van der Waals surface area (Å²) in [5.74, 6) is 2.51. The van der Waals surface area contributed by atoms with Crippen LogP contribution in [0.1, 0.15) is 47.2 Å². The molecule has 0 fully saturated rings. The molecule has 2 aromatic heterocycles. The molecule has 10 aromatic rings. The van der Waals surface area contributed by atoms with Crippen LogP contribution in [0.3, 0.4) is 0 Å². The zero-order valence-electron chi connectivity index (χ0n) is 31.9. The lowest BCUT2D eigenvalue weighted by Gasteiger charge is -2.39. The number of fused-ring (bicyclic) bond motifs is 17. The minimum absolute atomic E-state index is 0.0812. The standard InChI is InChI=1S/C54H34N2OS/c1-53(2)38-19-7-5-16-34(38)37-30-32(27-28-39(37)53)52-55-49-35-17-6-12-25-46(35)58-51(49)50(56-52)36-18-13-22-42-48(36)47-33-15-4-3-14-31(33)26-29-43(47)54(42)40-20-8-10-23-44(40)57-45-24-11-9-21-41(45)54/h3-30H,1-2H3. The van der Waals surface area contributed by atoms with E-state index in [0.717, 1.165) is 60.9 Å². The second-order valence-electron chi connectivity index (χ2n) is 16.4. The minimum atomic E-state index is -0.606. The first kappa shape index (κ1) is 32.2. The van der Waals surface area contributed by atoms with Crippen LogP contribution in [0.15, 0.2) is 170 Å². The van der Waals surface area contributed by atoms with Crippen LogP contribution >= 0.6 is 11.3 Å². The molecule has 272 valence electrons. The third-order valence-corrected chi connectivity index (χ3v) is 14.3. The summed E-state index contributed by atoms with van der Waals surface area (Å²) < 4.78 is 9.00. The Kier molecular flexibility index (Phi) is 6.32. The maximum Gasteiger partial charge on any atom is 0.160 e. The van der Waals surface area contributed by atoms with Gasteiger partial charge in [0.25, 0.3) is 0 Å². The fraction of sp³-hybridized carbons (Fsp3) is 0.0741. The Balaban J connectivity index is 1.15. The number of nitrogens with zero attached hydrogens (tertiary/aromatic N) is 2. The van der Waals surface area contributed by atoms with E-state index in [4.69, 9.17) is 14.7 Å². The zero-order valence-corrected chi connectivity index (χ0v) is 32.7. The maximum absolute atomic E-state index is 6.70. The summed E-state index contributed by atoms with van der Waals surface area (Å²) in [6.45, 7) is 4.66. The summed E-state index contributed by atoms with van der Waals surface area (Å²) in [5, 5.41) is 3.60. The van der Waals surface area contributed by atoms with Gasteiger partial charge in [0.2, 0.25) is 0 Å². The second kappa shape index (κ2) is 11.4. The largest absolute Gasteiger partial charge is 0.457 e. The van der Waals surface area contributed by atoms with Crippen molar-refractivity contribution in [1.82, 2.24) is 9.97 Å². The van der Waals surface area contributed by atoms with Gasteiger partial charge in [-0.25, -0.2) is 9.97 Å². The SMILES string of the molecule is CC1(C)c2ccccc2-c2cc(-c3nc(-c4cccc5c4-c4c(ccc6ccccc46)C54c5ccccc5Oc5ccccc54)c4sc5ccccc5c4n3)ccc21. The van der Waals surface area contributed by atoms with Crippen molar-refractivity contribution in [2.24, 2.45) is 0 Å². The molecule has 0 amide bonds. The fourth-order valence-electron chi connectivity index (χ4n) is 10.7. The first-order chi connectivity index (χ1) is 28.5. The molecular weight excluding hydrogens is 725 g/mol. The highest BCUT2D eigenvalue weighted by atomic mass is 32.1. The molecule has 3 nitrogen and oxygen atoms in total. The lowest BCUT2D eigenvalue weighted by molar-refractivity contribution is 0.436. The summed E-state index contributed by atoms with van der Waals surface area (Å²) >= 11 is 1.79. The van der Waals surface area contributed by atoms with Gasteiger partial charge < -0.3 is 4.74 Å². The molecule has 4 heteroatoms. The molecule has 1 aliphatic heterocycles. The summed E-state index contributed by atoms with van der Waals surface area (Å²) in [6.07, 6.45) is 0. The predicted octanol–water partition coefficient (Wildman–Crippen LogP) is 14.1. The van der Waals surface area contributed by atoms with Crippen LogP contribution in [0.5, 0.6) is 11.5 Å². The van der Waals surface area contributed by atoms with Crippen molar-refractivity contribution in [3.8, 4) is 56.4 Å². The average molecular weight is 759 g/mol. The van der Waals surface area contributed by atoms with E-state index in [0.29, 0.717) is 0 Å². The lowest BCUT2D eigenvalue weighted by atomic mass is 9.66. The molecule has 0 unspecified atom stereocenters. The van der Waals surface area contributed by atoms with Crippen molar-refractivity contribution in [2.75, 3.05) is 0 Å².